The number of benzene rings is 2. The number of hydrogen-bond acceptors (Lipinski definition) is 6. The Morgan fingerprint density at radius 2 is 1.46 bits per heavy atom. The lowest BCUT2D eigenvalue weighted by Gasteiger charge is -2.35. The van der Waals surface area contributed by atoms with Crippen LogP contribution in [0.2, 0.25) is 0 Å². The van der Waals surface area contributed by atoms with E-state index in [9.17, 15) is 4.39 Å². The number of nitrogens with zero attached hydrogens (tertiary/aromatic N) is 7. The van der Waals surface area contributed by atoms with Crippen LogP contribution in [0.15, 0.2) is 79.5 Å². The SMILES string of the molecule is Cc1ccc(-c2cc3c(N4CCN(c5ncc([C@H](C)c6ccc(F)cc6)cn5)CC4)ncnn3c2)cc1. The van der Waals surface area contributed by atoms with Crippen LogP contribution >= 0.6 is 0 Å². The first-order valence-corrected chi connectivity index (χ1v) is 12.5. The Kier molecular flexibility index (Phi) is 6.00. The van der Waals surface area contributed by atoms with E-state index in [-0.39, 0.29) is 11.7 Å². The van der Waals surface area contributed by atoms with Gasteiger partial charge in [0.25, 0.3) is 0 Å². The second-order valence-corrected chi connectivity index (χ2v) is 9.57. The first kappa shape index (κ1) is 23.1. The van der Waals surface area contributed by atoms with Gasteiger partial charge in [0, 0.05) is 56.3 Å². The van der Waals surface area contributed by atoms with Crippen molar-refractivity contribution in [2.75, 3.05) is 36.0 Å². The van der Waals surface area contributed by atoms with Crippen LogP contribution in [0.1, 0.15) is 29.5 Å². The van der Waals surface area contributed by atoms with E-state index in [1.165, 1.54) is 23.3 Å². The van der Waals surface area contributed by atoms with Crippen LogP contribution in [0.25, 0.3) is 16.6 Å². The molecule has 3 aromatic heterocycles. The number of anilines is 2. The lowest BCUT2D eigenvalue weighted by molar-refractivity contribution is 0.626. The van der Waals surface area contributed by atoms with E-state index in [4.69, 9.17) is 0 Å². The van der Waals surface area contributed by atoms with Gasteiger partial charge in [0.15, 0.2) is 5.82 Å². The van der Waals surface area contributed by atoms with Crippen molar-refractivity contribution in [1.29, 1.82) is 0 Å². The third-order valence-corrected chi connectivity index (χ3v) is 7.16. The Labute approximate surface area is 215 Å². The molecule has 6 rings (SSSR count). The molecule has 4 heterocycles. The maximum absolute atomic E-state index is 13.3. The largest absolute Gasteiger partial charge is 0.351 e. The molecule has 1 atom stereocenters. The summed E-state index contributed by atoms with van der Waals surface area (Å²) >= 11 is 0. The summed E-state index contributed by atoms with van der Waals surface area (Å²) in [6, 6.07) is 17.3. The Bertz CT molecular complexity index is 1500. The highest BCUT2D eigenvalue weighted by Crippen LogP contribution is 2.28. The lowest BCUT2D eigenvalue weighted by atomic mass is 9.95. The summed E-state index contributed by atoms with van der Waals surface area (Å²) in [6.07, 6.45) is 7.44. The third kappa shape index (κ3) is 4.62. The zero-order valence-electron chi connectivity index (χ0n) is 20.9. The van der Waals surface area contributed by atoms with Crippen LogP contribution in [0.5, 0.6) is 0 Å². The monoisotopic (exact) mass is 493 g/mol. The van der Waals surface area contributed by atoms with Gasteiger partial charge in [0.1, 0.15) is 17.7 Å². The molecule has 0 bridgehead atoms. The van der Waals surface area contributed by atoms with E-state index in [0.717, 1.165) is 60.2 Å². The van der Waals surface area contributed by atoms with Crippen molar-refractivity contribution in [2.24, 2.45) is 0 Å². The minimum Gasteiger partial charge on any atom is -0.351 e. The second kappa shape index (κ2) is 9.61. The van der Waals surface area contributed by atoms with Gasteiger partial charge in [-0.15, -0.1) is 0 Å². The van der Waals surface area contributed by atoms with Gasteiger partial charge in [0.2, 0.25) is 5.95 Å². The number of halogens is 1. The standard InChI is InChI=1S/C29H28FN7/c1-20-3-5-23(6-4-20)24-15-27-28(33-19-34-37(27)18-24)35-11-13-36(14-12-35)29-31-16-25(17-32-29)21(2)22-7-9-26(30)10-8-22/h3-10,15-19,21H,11-14H2,1-2H3/t21-/m1/s1. The maximum atomic E-state index is 13.3. The van der Waals surface area contributed by atoms with Crippen molar-refractivity contribution < 1.29 is 4.39 Å². The van der Waals surface area contributed by atoms with Crippen LogP contribution in [-0.4, -0.2) is 50.7 Å². The summed E-state index contributed by atoms with van der Waals surface area (Å²) in [4.78, 5) is 18.4. The highest BCUT2D eigenvalue weighted by molar-refractivity contribution is 5.77. The molecule has 1 saturated heterocycles. The van der Waals surface area contributed by atoms with Crippen LogP contribution in [-0.2, 0) is 0 Å². The summed E-state index contributed by atoms with van der Waals surface area (Å²) < 4.78 is 15.2. The zero-order valence-corrected chi connectivity index (χ0v) is 20.9. The maximum Gasteiger partial charge on any atom is 0.225 e. The average Bonchev–Trinajstić information content (AvgIpc) is 3.38. The second-order valence-electron chi connectivity index (χ2n) is 9.57. The Hall–Kier alpha value is -4.33. The van der Waals surface area contributed by atoms with Gasteiger partial charge in [-0.1, -0.05) is 48.9 Å². The van der Waals surface area contributed by atoms with E-state index in [1.54, 1.807) is 6.33 Å². The molecule has 8 heteroatoms. The normalized spacial score (nSPS) is 14.8. The van der Waals surface area contributed by atoms with Crippen molar-refractivity contribution in [3.8, 4) is 11.1 Å². The van der Waals surface area contributed by atoms with Crippen LogP contribution in [0.3, 0.4) is 0 Å². The van der Waals surface area contributed by atoms with Crippen LogP contribution in [0.4, 0.5) is 16.2 Å². The van der Waals surface area contributed by atoms with Crippen LogP contribution < -0.4 is 9.80 Å². The minimum atomic E-state index is -0.229. The number of aryl methyl sites for hydroxylation is 1. The highest BCUT2D eigenvalue weighted by Gasteiger charge is 2.22. The quantitative estimate of drug-likeness (QED) is 0.339. The van der Waals surface area contributed by atoms with Gasteiger partial charge in [-0.2, -0.15) is 5.10 Å². The molecular formula is C29H28FN7. The molecule has 7 nitrogen and oxygen atoms in total. The van der Waals surface area contributed by atoms with Crippen molar-refractivity contribution in [2.45, 2.75) is 19.8 Å². The molecule has 0 aliphatic carbocycles. The number of aromatic nitrogens is 5. The van der Waals surface area contributed by atoms with Crippen molar-refractivity contribution in [1.82, 2.24) is 24.6 Å². The van der Waals surface area contributed by atoms with Gasteiger partial charge >= 0.3 is 0 Å². The molecule has 0 saturated carbocycles. The lowest BCUT2D eigenvalue weighted by Crippen LogP contribution is -2.47. The number of hydrogen-bond donors (Lipinski definition) is 0. The molecular weight excluding hydrogens is 465 g/mol. The molecule has 2 aromatic carbocycles. The molecule has 0 unspecified atom stereocenters. The predicted octanol–water partition coefficient (Wildman–Crippen LogP) is 5.11. The molecule has 186 valence electrons. The Balaban J connectivity index is 1.15. The van der Waals surface area contributed by atoms with Gasteiger partial charge in [-0.3, -0.25) is 0 Å². The smallest absolute Gasteiger partial charge is 0.225 e. The van der Waals surface area contributed by atoms with Gasteiger partial charge < -0.3 is 9.80 Å². The number of rotatable bonds is 5. The topological polar surface area (TPSA) is 62.5 Å². The van der Waals surface area contributed by atoms with E-state index in [1.807, 2.05) is 29.0 Å². The Morgan fingerprint density at radius 3 is 2.16 bits per heavy atom. The van der Waals surface area contributed by atoms with Gasteiger partial charge in [-0.05, 0) is 41.8 Å². The first-order valence-electron chi connectivity index (χ1n) is 12.5. The van der Waals surface area contributed by atoms with Crippen molar-refractivity contribution in [3.63, 3.8) is 0 Å². The fraction of sp³-hybridized carbons (Fsp3) is 0.241. The molecule has 0 N–H and O–H groups in total. The molecule has 1 fully saturated rings. The first-order chi connectivity index (χ1) is 18.0. The summed E-state index contributed by atoms with van der Waals surface area (Å²) in [6.45, 7) is 7.41. The minimum absolute atomic E-state index is 0.0958. The molecule has 37 heavy (non-hydrogen) atoms. The average molecular weight is 494 g/mol. The van der Waals surface area contributed by atoms with Crippen molar-refractivity contribution in [3.05, 3.63) is 102 Å². The summed E-state index contributed by atoms with van der Waals surface area (Å²) in [5, 5.41) is 4.44. The Morgan fingerprint density at radius 1 is 0.784 bits per heavy atom. The molecule has 0 spiro atoms. The molecule has 1 aliphatic rings. The zero-order chi connectivity index (χ0) is 25.4. The van der Waals surface area contributed by atoms with E-state index < -0.39 is 0 Å². The predicted molar refractivity (Wildman–Crippen MR) is 144 cm³/mol. The summed E-state index contributed by atoms with van der Waals surface area (Å²) in [5.41, 5.74) is 6.59. The number of fused-ring (bicyclic) bond motifs is 1. The summed E-state index contributed by atoms with van der Waals surface area (Å²) in [5.74, 6) is 1.54. The highest BCUT2D eigenvalue weighted by atomic mass is 19.1. The van der Waals surface area contributed by atoms with E-state index in [2.05, 4.69) is 80.2 Å². The van der Waals surface area contributed by atoms with E-state index >= 15 is 0 Å². The molecule has 0 radical (unpaired) electrons. The molecule has 1 aliphatic heterocycles. The fourth-order valence-corrected chi connectivity index (χ4v) is 4.84. The van der Waals surface area contributed by atoms with Gasteiger partial charge in [-0.25, -0.2) is 23.9 Å². The third-order valence-electron chi connectivity index (χ3n) is 7.16. The number of piperazine rings is 1. The van der Waals surface area contributed by atoms with Crippen molar-refractivity contribution >= 4 is 17.3 Å². The van der Waals surface area contributed by atoms with Gasteiger partial charge in [0.05, 0.1) is 0 Å². The van der Waals surface area contributed by atoms with Crippen LogP contribution in [0, 0.1) is 12.7 Å². The molecule has 0 amide bonds. The van der Waals surface area contributed by atoms with E-state index in [0.29, 0.717) is 0 Å². The molecule has 5 aromatic rings. The fourth-order valence-electron chi connectivity index (χ4n) is 4.84. The summed E-state index contributed by atoms with van der Waals surface area (Å²) in [7, 11) is 0.